The van der Waals surface area contributed by atoms with E-state index in [0.29, 0.717) is 56.3 Å². The number of fused-ring (bicyclic) bond motifs is 2. The van der Waals surface area contributed by atoms with Crippen molar-refractivity contribution < 1.29 is 27.5 Å². The highest BCUT2D eigenvalue weighted by Crippen LogP contribution is 2.39. The first-order chi connectivity index (χ1) is 18.8. The molecule has 1 aromatic heterocycles. The number of hydrogen-bond acceptors (Lipinski definition) is 6. The number of carbonyl (C=O) groups is 2. The minimum absolute atomic E-state index is 0.119. The molecule has 0 bridgehead atoms. The monoisotopic (exact) mass is 552 g/mol. The molecule has 3 heterocycles. The Morgan fingerprint density at radius 1 is 1.15 bits per heavy atom. The number of morpholine rings is 1. The standard InChI is InChI=1S/C28H32N4O6S/c1-30-25-9-8-21(39(35,36)32-11-14-38-15-12-32)17-23(25)24(28(30)34)16-20-18-31(26-7-4-3-6-22(20)26)19-27(33)29-10-5-13-37-2/h3-4,6-9,16-18H,5,10-15,19H2,1-2H3,(H,29,33). The van der Waals surface area contributed by atoms with Gasteiger partial charge in [0.15, 0.2) is 0 Å². The van der Waals surface area contributed by atoms with Gasteiger partial charge in [0.2, 0.25) is 15.9 Å². The van der Waals surface area contributed by atoms with Crippen molar-refractivity contribution in [1.29, 1.82) is 0 Å². The maximum absolute atomic E-state index is 13.3. The van der Waals surface area contributed by atoms with E-state index in [9.17, 15) is 18.0 Å². The lowest BCUT2D eigenvalue weighted by atomic mass is 10.0. The third-order valence-corrected chi connectivity index (χ3v) is 8.94. The molecule has 1 N–H and O–H groups in total. The van der Waals surface area contributed by atoms with Gasteiger partial charge in [-0.25, -0.2) is 8.42 Å². The molecule has 0 atom stereocenters. The molecule has 0 saturated carbocycles. The van der Waals surface area contributed by atoms with Gasteiger partial charge in [-0.2, -0.15) is 4.31 Å². The number of likely N-dealkylation sites (N-methyl/N-ethyl adjacent to an activating group) is 1. The third-order valence-electron chi connectivity index (χ3n) is 7.04. The summed E-state index contributed by atoms with van der Waals surface area (Å²) in [5.41, 5.74) is 3.23. The summed E-state index contributed by atoms with van der Waals surface area (Å²) in [5.74, 6) is -0.343. The molecule has 1 saturated heterocycles. The maximum Gasteiger partial charge on any atom is 0.258 e. The average molecular weight is 553 g/mol. The highest BCUT2D eigenvalue weighted by Gasteiger charge is 2.33. The van der Waals surface area contributed by atoms with Gasteiger partial charge in [-0.15, -0.1) is 0 Å². The Labute approximate surface area is 227 Å². The number of benzene rings is 2. The van der Waals surface area contributed by atoms with Gasteiger partial charge in [-0.05, 0) is 36.8 Å². The van der Waals surface area contributed by atoms with Crippen LogP contribution in [-0.2, 0) is 35.6 Å². The summed E-state index contributed by atoms with van der Waals surface area (Å²) in [5, 5.41) is 3.79. The fraction of sp³-hybridized carbons (Fsp3) is 0.357. The number of rotatable bonds is 9. The van der Waals surface area contributed by atoms with Crippen LogP contribution in [-0.4, -0.2) is 82.7 Å². The zero-order valence-electron chi connectivity index (χ0n) is 22.1. The normalized spacial score (nSPS) is 17.2. The van der Waals surface area contributed by atoms with E-state index < -0.39 is 10.0 Å². The van der Waals surface area contributed by atoms with Crippen molar-refractivity contribution in [3.05, 3.63) is 59.8 Å². The minimum atomic E-state index is -3.73. The summed E-state index contributed by atoms with van der Waals surface area (Å²) in [6, 6.07) is 12.5. The highest BCUT2D eigenvalue weighted by molar-refractivity contribution is 7.89. The van der Waals surface area contributed by atoms with Crippen LogP contribution in [0.1, 0.15) is 17.5 Å². The first-order valence-corrected chi connectivity index (χ1v) is 14.3. The van der Waals surface area contributed by atoms with Crippen LogP contribution in [0.2, 0.25) is 0 Å². The maximum atomic E-state index is 13.3. The number of aromatic nitrogens is 1. The molecule has 0 unspecified atom stereocenters. The van der Waals surface area contributed by atoms with Crippen molar-refractivity contribution >= 4 is 50.1 Å². The minimum Gasteiger partial charge on any atom is -0.385 e. The van der Waals surface area contributed by atoms with Crippen LogP contribution in [0.25, 0.3) is 22.6 Å². The van der Waals surface area contributed by atoms with Crippen molar-refractivity contribution in [2.24, 2.45) is 0 Å². The second kappa shape index (κ2) is 11.3. The molecule has 1 fully saturated rings. The Balaban J connectivity index is 1.50. The smallest absolute Gasteiger partial charge is 0.258 e. The molecule has 3 aromatic rings. The van der Waals surface area contributed by atoms with Gasteiger partial charge in [-0.3, -0.25) is 9.59 Å². The van der Waals surface area contributed by atoms with Gasteiger partial charge < -0.3 is 24.3 Å². The number of methoxy groups -OCH3 is 1. The summed E-state index contributed by atoms with van der Waals surface area (Å²) in [6.45, 7) is 2.52. The molecule has 0 radical (unpaired) electrons. The van der Waals surface area contributed by atoms with Crippen molar-refractivity contribution in [3.8, 4) is 0 Å². The number of anilines is 1. The molecule has 2 amide bonds. The number of ether oxygens (including phenoxy) is 2. The molecule has 2 aromatic carbocycles. The van der Waals surface area contributed by atoms with Crippen LogP contribution in [0.3, 0.4) is 0 Å². The molecule has 0 spiro atoms. The number of amides is 2. The van der Waals surface area contributed by atoms with E-state index in [-0.39, 0.29) is 23.3 Å². The fourth-order valence-electron chi connectivity index (χ4n) is 5.00. The van der Waals surface area contributed by atoms with Crippen LogP contribution in [0.4, 0.5) is 5.69 Å². The molecular weight excluding hydrogens is 520 g/mol. The molecule has 0 aliphatic carbocycles. The number of para-hydroxylation sites is 1. The van der Waals surface area contributed by atoms with Crippen molar-refractivity contribution in [2.45, 2.75) is 17.9 Å². The second-order valence-electron chi connectivity index (χ2n) is 9.54. The van der Waals surface area contributed by atoms with Crippen LogP contribution < -0.4 is 10.2 Å². The van der Waals surface area contributed by atoms with Crippen LogP contribution in [0.15, 0.2) is 53.6 Å². The van der Waals surface area contributed by atoms with E-state index in [0.717, 1.165) is 22.9 Å². The first kappa shape index (κ1) is 27.1. The lowest BCUT2D eigenvalue weighted by molar-refractivity contribution is -0.121. The summed E-state index contributed by atoms with van der Waals surface area (Å²) in [6.07, 6.45) is 4.36. The van der Waals surface area contributed by atoms with Gasteiger partial charge in [0.1, 0.15) is 6.54 Å². The first-order valence-electron chi connectivity index (χ1n) is 12.9. The number of sulfonamides is 1. The molecule has 206 valence electrons. The second-order valence-corrected chi connectivity index (χ2v) is 11.5. The van der Waals surface area contributed by atoms with Gasteiger partial charge in [-0.1, -0.05) is 18.2 Å². The summed E-state index contributed by atoms with van der Waals surface area (Å²) >= 11 is 0. The van der Waals surface area contributed by atoms with E-state index >= 15 is 0 Å². The Kier molecular flexibility index (Phi) is 7.85. The summed E-state index contributed by atoms with van der Waals surface area (Å²) in [4.78, 5) is 27.6. The number of nitrogens with zero attached hydrogens (tertiary/aromatic N) is 3. The van der Waals surface area contributed by atoms with Gasteiger partial charge in [0.05, 0.1) is 23.8 Å². The molecule has 5 rings (SSSR count). The molecule has 11 heteroatoms. The third kappa shape index (κ3) is 5.35. The predicted molar refractivity (Wildman–Crippen MR) is 149 cm³/mol. The van der Waals surface area contributed by atoms with Crippen LogP contribution in [0, 0.1) is 0 Å². The van der Waals surface area contributed by atoms with Crippen LogP contribution >= 0.6 is 0 Å². The quantitative estimate of drug-likeness (QED) is 0.322. The largest absolute Gasteiger partial charge is 0.385 e. The Hall–Kier alpha value is -3.51. The van der Waals surface area contributed by atoms with Gasteiger partial charge in [0, 0.05) is 74.2 Å². The van der Waals surface area contributed by atoms with E-state index in [1.54, 1.807) is 38.4 Å². The SMILES string of the molecule is COCCCNC(=O)Cn1cc(C=C2C(=O)N(C)c3ccc(S(=O)(=O)N4CCOCC4)cc32)c2ccccc21. The van der Waals surface area contributed by atoms with Crippen LogP contribution in [0.5, 0.6) is 0 Å². The van der Waals surface area contributed by atoms with E-state index in [1.807, 2.05) is 35.0 Å². The number of hydrogen-bond donors (Lipinski definition) is 1. The average Bonchev–Trinajstić information content (AvgIpc) is 3.41. The molecular formula is C28H32N4O6S. The predicted octanol–water partition coefficient (Wildman–Crippen LogP) is 2.33. The van der Waals surface area contributed by atoms with E-state index in [2.05, 4.69) is 5.32 Å². The number of carbonyl (C=O) groups excluding carboxylic acids is 2. The fourth-order valence-corrected chi connectivity index (χ4v) is 6.43. The van der Waals surface area contributed by atoms with Gasteiger partial charge in [0.25, 0.3) is 5.91 Å². The van der Waals surface area contributed by atoms with Gasteiger partial charge >= 0.3 is 0 Å². The van der Waals surface area contributed by atoms with E-state index in [1.165, 1.54) is 9.21 Å². The van der Waals surface area contributed by atoms with Crippen molar-refractivity contribution in [2.75, 3.05) is 58.5 Å². The molecule has 2 aliphatic heterocycles. The van der Waals surface area contributed by atoms with E-state index in [4.69, 9.17) is 9.47 Å². The lowest BCUT2D eigenvalue weighted by Gasteiger charge is -2.26. The Bertz CT molecular complexity index is 1540. The number of nitrogens with one attached hydrogen (secondary N) is 1. The van der Waals surface area contributed by atoms with Crippen molar-refractivity contribution in [1.82, 2.24) is 14.2 Å². The highest BCUT2D eigenvalue weighted by atomic mass is 32.2. The topological polar surface area (TPSA) is 110 Å². The summed E-state index contributed by atoms with van der Waals surface area (Å²) < 4.78 is 40.2. The zero-order chi connectivity index (χ0) is 27.6. The lowest BCUT2D eigenvalue weighted by Crippen LogP contribution is -2.40. The zero-order valence-corrected chi connectivity index (χ0v) is 22.9. The summed E-state index contributed by atoms with van der Waals surface area (Å²) in [7, 11) is -0.431. The molecule has 2 aliphatic rings. The molecule has 39 heavy (non-hydrogen) atoms. The Morgan fingerprint density at radius 2 is 1.92 bits per heavy atom. The van der Waals surface area contributed by atoms with Crippen molar-refractivity contribution in [3.63, 3.8) is 0 Å². The molecule has 10 nitrogen and oxygen atoms in total. The Morgan fingerprint density at radius 3 is 2.69 bits per heavy atom.